The maximum absolute atomic E-state index is 11.9. The van der Waals surface area contributed by atoms with Gasteiger partial charge in [0.25, 0.3) is 0 Å². The summed E-state index contributed by atoms with van der Waals surface area (Å²) in [5, 5.41) is 1.75. The van der Waals surface area contributed by atoms with E-state index >= 15 is 0 Å². The summed E-state index contributed by atoms with van der Waals surface area (Å²) in [5.41, 5.74) is 2.78. The summed E-state index contributed by atoms with van der Waals surface area (Å²) in [6, 6.07) is 9.50. The van der Waals surface area contributed by atoms with Gasteiger partial charge in [-0.15, -0.1) is 11.3 Å². The second-order valence-electron chi connectivity index (χ2n) is 5.32. The van der Waals surface area contributed by atoms with E-state index in [-0.39, 0.29) is 6.54 Å². The van der Waals surface area contributed by atoms with Crippen LogP contribution in [0.5, 0.6) is 5.75 Å². The number of ether oxygens (including phenoxy) is 1. The normalized spacial score (nSPS) is 14.5. The van der Waals surface area contributed by atoms with Crippen molar-refractivity contribution in [1.82, 2.24) is 4.72 Å². The Labute approximate surface area is 135 Å². The average Bonchev–Trinajstić information content (AvgIpc) is 3.07. The van der Waals surface area contributed by atoms with Crippen molar-refractivity contribution in [3.63, 3.8) is 0 Å². The third kappa shape index (κ3) is 3.69. The average molecular weight is 337 g/mol. The summed E-state index contributed by atoms with van der Waals surface area (Å²) in [4.78, 5) is 0. The molecule has 1 aromatic heterocycles. The van der Waals surface area contributed by atoms with Crippen LogP contribution in [0.25, 0.3) is 0 Å². The van der Waals surface area contributed by atoms with Gasteiger partial charge in [0.15, 0.2) is 0 Å². The Morgan fingerprint density at radius 3 is 2.73 bits per heavy atom. The molecule has 1 aliphatic rings. The molecule has 0 bridgehead atoms. The molecule has 0 saturated carbocycles. The molecule has 6 heteroatoms. The summed E-state index contributed by atoms with van der Waals surface area (Å²) >= 11 is 1.21. The maximum Gasteiger partial charge on any atom is 0.250 e. The van der Waals surface area contributed by atoms with E-state index in [0.717, 1.165) is 18.6 Å². The van der Waals surface area contributed by atoms with Crippen LogP contribution in [0.15, 0.2) is 39.9 Å². The van der Waals surface area contributed by atoms with Gasteiger partial charge in [-0.25, -0.2) is 13.1 Å². The van der Waals surface area contributed by atoms with Crippen molar-refractivity contribution in [3.05, 3.63) is 46.8 Å². The van der Waals surface area contributed by atoms with E-state index in [2.05, 4.69) is 16.9 Å². The number of thiophene rings is 1. The van der Waals surface area contributed by atoms with Crippen molar-refractivity contribution in [2.24, 2.45) is 0 Å². The van der Waals surface area contributed by atoms with Gasteiger partial charge in [-0.2, -0.15) is 0 Å². The lowest BCUT2D eigenvalue weighted by molar-refractivity contribution is 0.322. The molecule has 1 N–H and O–H groups in total. The van der Waals surface area contributed by atoms with Crippen molar-refractivity contribution in [2.45, 2.75) is 29.9 Å². The molecule has 0 unspecified atom stereocenters. The summed E-state index contributed by atoms with van der Waals surface area (Å²) < 4.78 is 32.4. The van der Waals surface area contributed by atoms with Crippen LogP contribution in [0.3, 0.4) is 0 Å². The molecule has 3 rings (SSSR count). The third-order valence-electron chi connectivity index (χ3n) is 3.74. The Balaban J connectivity index is 1.51. The standard InChI is InChI=1S/C16H19NO3S2/c18-22(19,16-6-3-11-21-16)17-9-10-20-15-8-7-13-4-1-2-5-14(13)12-15/h3,6-8,11-12,17H,1-2,4-5,9-10H2. The molecular formula is C16H19NO3S2. The van der Waals surface area contributed by atoms with Crippen molar-refractivity contribution < 1.29 is 13.2 Å². The van der Waals surface area contributed by atoms with Gasteiger partial charge in [0.2, 0.25) is 10.0 Å². The Kier molecular flexibility index (Phi) is 4.81. The van der Waals surface area contributed by atoms with E-state index in [1.807, 2.05) is 6.07 Å². The van der Waals surface area contributed by atoms with Gasteiger partial charge in [0, 0.05) is 6.54 Å². The van der Waals surface area contributed by atoms with Crippen LogP contribution in [0.4, 0.5) is 0 Å². The molecule has 22 heavy (non-hydrogen) atoms. The first-order chi connectivity index (χ1) is 10.6. The quantitative estimate of drug-likeness (QED) is 0.825. The molecule has 0 radical (unpaired) electrons. The molecule has 2 aromatic rings. The molecule has 118 valence electrons. The Morgan fingerprint density at radius 1 is 1.14 bits per heavy atom. The number of hydrogen-bond donors (Lipinski definition) is 1. The molecule has 0 fully saturated rings. The fourth-order valence-electron chi connectivity index (χ4n) is 2.63. The Hall–Kier alpha value is -1.37. The van der Waals surface area contributed by atoms with Gasteiger partial charge in [0.05, 0.1) is 0 Å². The zero-order valence-corrected chi connectivity index (χ0v) is 13.9. The number of hydrogen-bond acceptors (Lipinski definition) is 4. The monoisotopic (exact) mass is 337 g/mol. The number of nitrogens with one attached hydrogen (secondary N) is 1. The third-order valence-corrected chi connectivity index (χ3v) is 6.60. The molecule has 0 aliphatic heterocycles. The Morgan fingerprint density at radius 2 is 1.95 bits per heavy atom. The largest absolute Gasteiger partial charge is 0.492 e. The van der Waals surface area contributed by atoms with E-state index in [1.165, 1.54) is 35.3 Å². The summed E-state index contributed by atoms with van der Waals surface area (Å²) in [7, 11) is -3.40. The maximum atomic E-state index is 11.9. The first-order valence-corrected chi connectivity index (χ1v) is 9.79. The van der Waals surface area contributed by atoms with Crippen LogP contribution >= 0.6 is 11.3 Å². The highest BCUT2D eigenvalue weighted by molar-refractivity contribution is 7.91. The summed E-state index contributed by atoms with van der Waals surface area (Å²) in [6.07, 6.45) is 4.75. The zero-order chi connectivity index (χ0) is 15.4. The highest BCUT2D eigenvalue weighted by Gasteiger charge is 2.14. The summed E-state index contributed by atoms with van der Waals surface area (Å²) in [6.45, 7) is 0.584. The van der Waals surface area contributed by atoms with E-state index < -0.39 is 10.0 Å². The van der Waals surface area contributed by atoms with Gasteiger partial charge >= 0.3 is 0 Å². The molecule has 4 nitrogen and oxygen atoms in total. The highest BCUT2D eigenvalue weighted by atomic mass is 32.2. The predicted octanol–water partition coefficient (Wildman–Crippen LogP) is 2.98. The molecule has 1 aromatic carbocycles. The highest BCUT2D eigenvalue weighted by Crippen LogP contribution is 2.25. The van der Waals surface area contributed by atoms with Crippen LogP contribution < -0.4 is 9.46 Å². The van der Waals surface area contributed by atoms with Crippen LogP contribution in [-0.2, 0) is 22.9 Å². The van der Waals surface area contributed by atoms with Crippen molar-refractivity contribution in [1.29, 1.82) is 0 Å². The number of sulfonamides is 1. The molecule has 0 amide bonds. The summed E-state index contributed by atoms with van der Waals surface area (Å²) in [5.74, 6) is 0.816. The van der Waals surface area contributed by atoms with Crippen molar-refractivity contribution in [2.75, 3.05) is 13.2 Å². The topological polar surface area (TPSA) is 55.4 Å². The van der Waals surface area contributed by atoms with E-state index in [1.54, 1.807) is 17.5 Å². The smallest absolute Gasteiger partial charge is 0.250 e. The molecule has 0 saturated heterocycles. The number of rotatable bonds is 6. The van der Waals surface area contributed by atoms with Gasteiger partial charge in [0.1, 0.15) is 16.6 Å². The molecule has 1 heterocycles. The SMILES string of the molecule is O=S(=O)(NCCOc1ccc2c(c1)CCCC2)c1cccs1. The lowest BCUT2D eigenvalue weighted by Gasteiger charge is -2.16. The number of aryl methyl sites for hydroxylation is 2. The first-order valence-electron chi connectivity index (χ1n) is 7.43. The fraction of sp³-hybridized carbons (Fsp3) is 0.375. The lowest BCUT2D eigenvalue weighted by Crippen LogP contribution is -2.27. The first kappa shape index (κ1) is 15.5. The minimum absolute atomic E-state index is 0.261. The van der Waals surface area contributed by atoms with Crippen LogP contribution in [0.1, 0.15) is 24.0 Å². The fourth-order valence-corrected chi connectivity index (χ4v) is 4.68. The van der Waals surface area contributed by atoms with Crippen LogP contribution in [0, 0.1) is 0 Å². The minimum Gasteiger partial charge on any atom is -0.492 e. The van der Waals surface area contributed by atoms with E-state index in [4.69, 9.17) is 4.74 Å². The molecule has 1 aliphatic carbocycles. The molecular weight excluding hydrogens is 318 g/mol. The van der Waals surface area contributed by atoms with E-state index in [9.17, 15) is 8.42 Å². The van der Waals surface area contributed by atoms with Gasteiger partial charge < -0.3 is 4.74 Å². The van der Waals surface area contributed by atoms with Crippen molar-refractivity contribution in [3.8, 4) is 5.75 Å². The van der Waals surface area contributed by atoms with E-state index in [0.29, 0.717) is 10.8 Å². The van der Waals surface area contributed by atoms with Crippen LogP contribution in [-0.4, -0.2) is 21.6 Å². The molecule has 0 atom stereocenters. The Bertz CT molecular complexity index is 724. The van der Waals surface area contributed by atoms with Crippen LogP contribution in [0.2, 0.25) is 0 Å². The van der Waals surface area contributed by atoms with Crippen molar-refractivity contribution >= 4 is 21.4 Å². The second kappa shape index (κ2) is 6.81. The predicted molar refractivity (Wildman–Crippen MR) is 88.1 cm³/mol. The number of benzene rings is 1. The number of fused-ring (bicyclic) bond motifs is 1. The van der Waals surface area contributed by atoms with Gasteiger partial charge in [-0.3, -0.25) is 0 Å². The zero-order valence-electron chi connectivity index (χ0n) is 12.2. The van der Waals surface area contributed by atoms with Gasteiger partial charge in [-0.1, -0.05) is 12.1 Å². The second-order valence-corrected chi connectivity index (χ2v) is 8.26. The lowest BCUT2D eigenvalue weighted by atomic mass is 9.92. The van der Waals surface area contributed by atoms with Gasteiger partial charge in [-0.05, 0) is 60.4 Å². The molecule has 0 spiro atoms. The minimum atomic E-state index is -3.40.